The normalized spacial score (nSPS) is 9.26. The van der Waals surface area contributed by atoms with Crippen molar-refractivity contribution in [3.63, 3.8) is 0 Å². The standard InChI is InChI=1S/C11H17NO.C4H8O2/c1-4-7-12-11-6-5-10(13-3)8-9(11)2;1-2-3-4(5)6/h5-6,8,12H,4,7H2,1-3H3;2-3H2,1H3,(H,5,6). The topological polar surface area (TPSA) is 58.6 Å². The van der Waals surface area contributed by atoms with E-state index in [0.29, 0.717) is 6.42 Å². The highest BCUT2D eigenvalue weighted by Crippen LogP contribution is 2.20. The lowest BCUT2D eigenvalue weighted by molar-refractivity contribution is -0.137. The van der Waals surface area contributed by atoms with E-state index < -0.39 is 5.97 Å². The second kappa shape index (κ2) is 10.2. The Morgan fingerprint density at radius 1 is 1.32 bits per heavy atom. The number of carboxylic acid groups (broad SMARTS) is 1. The molecule has 0 atom stereocenters. The van der Waals surface area contributed by atoms with Gasteiger partial charge in [0, 0.05) is 18.7 Å². The van der Waals surface area contributed by atoms with Crippen molar-refractivity contribution in [3.05, 3.63) is 23.8 Å². The Kier molecular flexibility index (Phi) is 9.31. The molecule has 2 N–H and O–H groups in total. The van der Waals surface area contributed by atoms with Crippen LogP contribution in [-0.4, -0.2) is 24.7 Å². The molecule has 0 aliphatic heterocycles. The second-order valence-corrected chi connectivity index (χ2v) is 4.25. The van der Waals surface area contributed by atoms with Crippen molar-refractivity contribution in [1.29, 1.82) is 0 Å². The van der Waals surface area contributed by atoms with Gasteiger partial charge in [-0.15, -0.1) is 0 Å². The van der Waals surface area contributed by atoms with Gasteiger partial charge in [0.05, 0.1) is 7.11 Å². The number of methoxy groups -OCH3 is 1. The van der Waals surface area contributed by atoms with Gasteiger partial charge in [-0.2, -0.15) is 0 Å². The summed E-state index contributed by atoms with van der Waals surface area (Å²) in [5, 5.41) is 11.3. The van der Waals surface area contributed by atoms with Gasteiger partial charge >= 0.3 is 5.97 Å². The lowest BCUT2D eigenvalue weighted by Crippen LogP contribution is -2.01. The monoisotopic (exact) mass is 267 g/mol. The van der Waals surface area contributed by atoms with E-state index in [4.69, 9.17) is 9.84 Å². The van der Waals surface area contributed by atoms with Crippen molar-refractivity contribution >= 4 is 11.7 Å². The van der Waals surface area contributed by atoms with Gasteiger partial charge in [-0.3, -0.25) is 4.79 Å². The van der Waals surface area contributed by atoms with Gasteiger partial charge in [0.25, 0.3) is 0 Å². The molecule has 0 radical (unpaired) electrons. The van der Waals surface area contributed by atoms with Crippen LogP contribution < -0.4 is 10.1 Å². The highest BCUT2D eigenvalue weighted by atomic mass is 16.5. The second-order valence-electron chi connectivity index (χ2n) is 4.25. The molecule has 0 saturated heterocycles. The summed E-state index contributed by atoms with van der Waals surface area (Å²) < 4.78 is 5.13. The number of rotatable bonds is 6. The minimum atomic E-state index is -0.711. The van der Waals surface area contributed by atoms with Crippen molar-refractivity contribution in [2.45, 2.75) is 40.0 Å². The van der Waals surface area contributed by atoms with Crippen LogP contribution in [0.5, 0.6) is 5.75 Å². The molecule has 0 amide bonds. The van der Waals surface area contributed by atoms with Crippen molar-refractivity contribution in [1.82, 2.24) is 0 Å². The van der Waals surface area contributed by atoms with Crippen LogP contribution in [0.1, 0.15) is 38.7 Å². The molecule has 0 spiro atoms. The number of benzene rings is 1. The molecular weight excluding hydrogens is 242 g/mol. The van der Waals surface area contributed by atoms with E-state index in [1.54, 1.807) is 7.11 Å². The van der Waals surface area contributed by atoms with Gasteiger partial charge in [-0.1, -0.05) is 13.8 Å². The summed E-state index contributed by atoms with van der Waals surface area (Å²) in [4.78, 5) is 9.60. The molecule has 19 heavy (non-hydrogen) atoms. The summed E-state index contributed by atoms with van der Waals surface area (Å²) in [6.07, 6.45) is 2.17. The number of aryl methyl sites for hydroxylation is 1. The zero-order valence-corrected chi connectivity index (χ0v) is 12.3. The SMILES string of the molecule is CCCC(=O)O.CCCNc1ccc(OC)cc1C. The van der Waals surface area contributed by atoms with Gasteiger partial charge < -0.3 is 15.2 Å². The average Bonchev–Trinajstić information content (AvgIpc) is 2.38. The number of carbonyl (C=O) groups is 1. The highest BCUT2D eigenvalue weighted by molar-refractivity contribution is 5.66. The molecular formula is C15H25NO3. The van der Waals surface area contributed by atoms with Gasteiger partial charge in [0.1, 0.15) is 5.75 Å². The third-order valence-electron chi connectivity index (χ3n) is 2.46. The van der Waals surface area contributed by atoms with Gasteiger partial charge in [0.15, 0.2) is 0 Å². The van der Waals surface area contributed by atoms with Gasteiger partial charge in [-0.05, 0) is 43.5 Å². The molecule has 108 valence electrons. The summed E-state index contributed by atoms with van der Waals surface area (Å²) in [7, 11) is 1.69. The van der Waals surface area contributed by atoms with Crippen molar-refractivity contribution in [2.24, 2.45) is 0 Å². The highest BCUT2D eigenvalue weighted by Gasteiger charge is 1.98. The smallest absolute Gasteiger partial charge is 0.303 e. The van der Waals surface area contributed by atoms with Crippen LogP contribution in [0.4, 0.5) is 5.69 Å². The maximum Gasteiger partial charge on any atom is 0.303 e. The maximum absolute atomic E-state index is 9.60. The van der Waals surface area contributed by atoms with Gasteiger partial charge in [-0.25, -0.2) is 0 Å². The van der Waals surface area contributed by atoms with E-state index >= 15 is 0 Å². The van der Waals surface area contributed by atoms with Crippen LogP contribution in [0.25, 0.3) is 0 Å². The number of carboxylic acids is 1. The summed E-state index contributed by atoms with van der Waals surface area (Å²) in [6, 6.07) is 6.08. The zero-order chi connectivity index (χ0) is 14.7. The Hall–Kier alpha value is -1.71. The third kappa shape index (κ3) is 8.08. The van der Waals surface area contributed by atoms with Crippen LogP contribution in [0.15, 0.2) is 18.2 Å². The lowest BCUT2D eigenvalue weighted by Gasteiger charge is -2.09. The van der Waals surface area contributed by atoms with Crippen molar-refractivity contribution in [3.8, 4) is 5.75 Å². The average molecular weight is 267 g/mol. The molecule has 1 rings (SSSR count). The summed E-state index contributed by atoms with van der Waals surface area (Å²) >= 11 is 0. The fourth-order valence-corrected chi connectivity index (χ4v) is 1.44. The van der Waals surface area contributed by atoms with Crippen LogP contribution in [0, 0.1) is 6.92 Å². The Bertz CT molecular complexity index is 378. The van der Waals surface area contributed by atoms with Crippen LogP contribution in [0.3, 0.4) is 0 Å². The number of nitrogens with one attached hydrogen (secondary N) is 1. The first-order chi connectivity index (χ1) is 9.04. The summed E-state index contributed by atoms with van der Waals surface area (Å²) in [5.74, 6) is 0.206. The fourth-order valence-electron chi connectivity index (χ4n) is 1.44. The molecule has 0 aliphatic carbocycles. The molecule has 0 unspecified atom stereocenters. The molecule has 0 fully saturated rings. The van der Waals surface area contributed by atoms with E-state index in [2.05, 4.69) is 25.2 Å². The predicted molar refractivity (Wildman–Crippen MR) is 79.1 cm³/mol. The van der Waals surface area contributed by atoms with Gasteiger partial charge in [0.2, 0.25) is 0 Å². The van der Waals surface area contributed by atoms with E-state index in [9.17, 15) is 4.79 Å². The molecule has 0 aliphatic rings. The number of anilines is 1. The number of hydrogen-bond acceptors (Lipinski definition) is 3. The Balaban J connectivity index is 0.000000459. The van der Waals surface area contributed by atoms with E-state index in [0.717, 1.165) is 25.1 Å². The molecule has 0 bridgehead atoms. The van der Waals surface area contributed by atoms with Crippen molar-refractivity contribution in [2.75, 3.05) is 19.0 Å². The van der Waals surface area contributed by atoms with E-state index in [1.165, 1.54) is 11.3 Å². The van der Waals surface area contributed by atoms with Crippen molar-refractivity contribution < 1.29 is 14.6 Å². The minimum absolute atomic E-state index is 0.292. The predicted octanol–water partition coefficient (Wildman–Crippen LogP) is 3.70. The van der Waals surface area contributed by atoms with Crippen LogP contribution >= 0.6 is 0 Å². The fraction of sp³-hybridized carbons (Fsp3) is 0.533. The largest absolute Gasteiger partial charge is 0.497 e. The maximum atomic E-state index is 9.60. The lowest BCUT2D eigenvalue weighted by atomic mass is 10.2. The quantitative estimate of drug-likeness (QED) is 0.825. The number of aliphatic carboxylic acids is 1. The number of hydrogen-bond donors (Lipinski definition) is 2. The molecule has 4 nitrogen and oxygen atoms in total. The molecule has 1 aromatic carbocycles. The van der Waals surface area contributed by atoms with Crippen LogP contribution in [0.2, 0.25) is 0 Å². The Morgan fingerprint density at radius 2 is 2.00 bits per heavy atom. The zero-order valence-electron chi connectivity index (χ0n) is 12.3. The van der Waals surface area contributed by atoms with E-state index in [1.807, 2.05) is 19.1 Å². The third-order valence-corrected chi connectivity index (χ3v) is 2.46. The first-order valence-corrected chi connectivity index (χ1v) is 6.65. The molecule has 1 aromatic rings. The molecule has 0 heterocycles. The summed E-state index contributed by atoms with van der Waals surface area (Å²) in [5.41, 5.74) is 2.43. The minimum Gasteiger partial charge on any atom is -0.497 e. The first kappa shape index (κ1) is 17.3. The molecule has 0 saturated carbocycles. The first-order valence-electron chi connectivity index (χ1n) is 6.65. The molecule has 4 heteroatoms. The summed E-state index contributed by atoms with van der Waals surface area (Å²) in [6.45, 7) is 7.10. The number of ether oxygens (including phenoxy) is 1. The Morgan fingerprint density at radius 3 is 2.37 bits per heavy atom. The van der Waals surface area contributed by atoms with Crippen LogP contribution in [-0.2, 0) is 4.79 Å². The van der Waals surface area contributed by atoms with E-state index in [-0.39, 0.29) is 0 Å². The molecule has 0 aromatic heterocycles. The Labute approximate surface area is 115 Å².